The fourth-order valence-corrected chi connectivity index (χ4v) is 3.78. The van der Waals surface area contributed by atoms with E-state index in [9.17, 15) is 14.4 Å². The first kappa shape index (κ1) is 17.8. The van der Waals surface area contributed by atoms with Crippen molar-refractivity contribution < 1.29 is 18.8 Å². The molecule has 1 aromatic heterocycles. The molecule has 1 aliphatic heterocycles. The minimum absolute atomic E-state index is 0.178. The molecule has 0 unspecified atom stereocenters. The van der Waals surface area contributed by atoms with Crippen LogP contribution in [0.1, 0.15) is 27.4 Å². The van der Waals surface area contributed by atoms with Crippen molar-refractivity contribution in [2.75, 3.05) is 11.1 Å². The lowest BCUT2D eigenvalue weighted by atomic mass is 10.2. The van der Waals surface area contributed by atoms with E-state index >= 15 is 0 Å². The summed E-state index contributed by atoms with van der Waals surface area (Å²) in [5.41, 5.74) is 1.90. The summed E-state index contributed by atoms with van der Waals surface area (Å²) in [6.45, 7) is 3.75. The third-order valence-corrected chi connectivity index (χ3v) is 5.62. The Labute approximate surface area is 157 Å². The minimum Gasteiger partial charge on any atom is -0.465 e. The molecule has 1 N–H and O–H groups in total. The van der Waals surface area contributed by atoms with Gasteiger partial charge >= 0.3 is 0 Å². The van der Waals surface area contributed by atoms with Crippen molar-refractivity contribution in [3.63, 3.8) is 0 Å². The number of rotatable bonds is 4. The Balaban J connectivity index is 1.69. The molecule has 0 radical (unpaired) electrons. The summed E-state index contributed by atoms with van der Waals surface area (Å²) in [5, 5.41) is 2.59. The van der Waals surface area contributed by atoms with Crippen molar-refractivity contribution in [1.29, 1.82) is 0 Å². The number of aryl methyl sites for hydroxylation is 2. The summed E-state index contributed by atoms with van der Waals surface area (Å²) in [6, 6.07) is 7.03. The van der Waals surface area contributed by atoms with E-state index in [4.69, 9.17) is 4.42 Å². The number of halogens is 1. The maximum Gasteiger partial charge on any atom is 0.289 e. The highest BCUT2D eigenvalue weighted by Gasteiger charge is 2.29. The number of furan rings is 1. The second kappa shape index (κ2) is 7.05. The topological polar surface area (TPSA) is 79.6 Å². The van der Waals surface area contributed by atoms with Crippen LogP contribution in [0.15, 0.2) is 33.2 Å². The molecule has 0 saturated carbocycles. The molecule has 0 spiro atoms. The molecule has 3 amide bonds. The van der Waals surface area contributed by atoms with Crippen molar-refractivity contribution in [2.24, 2.45) is 0 Å². The lowest BCUT2D eigenvalue weighted by molar-refractivity contribution is -0.125. The summed E-state index contributed by atoms with van der Waals surface area (Å²) >= 11 is 4.37. The molecule has 1 aliphatic rings. The van der Waals surface area contributed by atoms with E-state index in [-0.39, 0.29) is 29.4 Å². The summed E-state index contributed by atoms with van der Waals surface area (Å²) in [7, 11) is 0. The number of amides is 3. The van der Waals surface area contributed by atoms with Gasteiger partial charge in [-0.2, -0.15) is 0 Å². The molecule has 0 atom stereocenters. The van der Waals surface area contributed by atoms with Gasteiger partial charge in [0.2, 0.25) is 5.91 Å². The highest BCUT2D eigenvalue weighted by Crippen LogP contribution is 2.28. The first-order valence-corrected chi connectivity index (χ1v) is 9.27. The SMILES string of the molecule is Cc1oc(C)c(C(=O)Nc2ccc(CN3C(=O)CSC3=O)cc2)c1Br. The van der Waals surface area contributed by atoms with E-state index in [0.717, 1.165) is 17.3 Å². The lowest BCUT2D eigenvalue weighted by Crippen LogP contribution is -2.27. The zero-order chi connectivity index (χ0) is 18.1. The van der Waals surface area contributed by atoms with Gasteiger partial charge in [0.15, 0.2) is 0 Å². The Kier molecular flexibility index (Phi) is 5.01. The Bertz CT molecular complexity index is 844. The van der Waals surface area contributed by atoms with Crippen molar-refractivity contribution in [2.45, 2.75) is 20.4 Å². The highest BCUT2D eigenvalue weighted by atomic mass is 79.9. The monoisotopic (exact) mass is 422 g/mol. The Hall–Kier alpha value is -2.06. The molecule has 1 saturated heterocycles. The van der Waals surface area contributed by atoms with Crippen molar-refractivity contribution in [1.82, 2.24) is 4.90 Å². The number of imide groups is 1. The fourth-order valence-electron chi connectivity index (χ4n) is 2.52. The van der Waals surface area contributed by atoms with Crippen LogP contribution in [0.2, 0.25) is 0 Å². The second-order valence-electron chi connectivity index (χ2n) is 5.59. The van der Waals surface area contributed by atoms with Gasteiger partial charge in [-0.1, -0.05) is 23.9 Å². The van der Waals surface area contributed by atoms with Gasteiger partial charge in [-0.05, 0) is 47.5 Å². The molecule has 130 valence electrons. The number of thioether (sulfide) groups is 1. The number of hydrogen-bond donors (Lipinski definition) is 1. The standard InChI is InChI=1S/C17H15BrN2O4S/c1-9-14(15(18)10(2)24-9)16(22)19-12-5-3-11(4-6-12)7-20-13(21)8-25-17(20)23/h3-6H,7-8H2,1-2H3,(H,19,22). The summed E-state index contributed by atoms with van der Waals surface area (Å²) in [6.07, 6.45) is 0. The van der Waals surface area contributed by atoms with E-state index in [1.807, 2.05) is 0 Å². The van der Waals surface area contributed by atoms with E-state index in [1.165, 1.54) is 4.90 Å². The maximum absolute atomic E-state index is 12.4. The number of nitrogens with one attached hydrogen (secondary N) is 1. The average Bonchev–Trinajstić information content (AvgIpc) is 3.01. The molecule has 1 fully saturated rings. The van der Waals surface area contributed by atoms with Crippen molar-refractivity contribution in [3.8, 4) is 0 Å². The van der Waals surface area contributed by atoms with Gasteiger partial charge < -0.3 is 9.73 Å². The maximum atomic E-state index is 12.4. The molecular weight excluding hydrogens is 408 g/mol. The van der Waals surface area contributed by atoms with Crippen LogP contribution in [0.3, 0.4) is 0 Å². The summed E-state index contributed by atoms with van der Waals surface area (Å²) in [5.74, 6) is 0.946. The van der Waals surface area contributed by atoms with E-state index in [0.29, 0.717) is 27.2 Å². The number of anilines is 1. The molecule has 6 nitrogen and oxygen atoms in total. The predicted molar refractivity (Wildman–Crippen MR) is 98.7 cm³/mol. The predicted octanol–water partition coefficient (Wildman–Crippen LogP) is 4.11. The highest BCUT2D eigenvalue weighted by molar-refractivity contribution is 9.10. The Morgan fingerprint density at radius 2 is 1.92 bits per heavy atom. The van der Waals surface area contributed by atoms with Crippen molar-refractivity contribution >= 4 is 50.4 Å². The molecule has 25 heavy (non-hydrogen) atoms. The van der Waals surface area contributed by atoms with Crippen LogP contribution in [0.4, 0.5) is 10.5 Å². The van der Waals surface area contributed by atoms with Gasteiger partial charge in [0.25, 0.3) is 11.1 Å². The van der Waals surface area contributed by atoms with Gasteiger partial charge in [0.1, 0.15) is 11.5 Å². The van der Waals surface area contributed by atoms with Crippen LogP contribution >= 0.6 is 27.7 Å². The van der Waals surface area contributed by atoms with E-state index in [2.05, 4.69) is 21.2 Å². The van der Waals surface area contributed by atoms with E-state index < -0.39 is 0 Å². The number of hydrogen-bond acceptors (Lipinski definition) is 5. The molecular formula is C17H15BrN2O4S. The molecule has 0 bridgehead atoms. The number of benzene rings is 1. The molecule has 3 rings (SSSR count). The normalized spacial score (nSPS) is 14.3. The van der Waals surface area contributed by atoms with Crippen LogP contribution in [0.5, 0.6) is 0 Å². The lowest BCUT2D eigenvalue weighted by Gasteiger charge is -2.13. The van der Waals surface area contributed by atoms with Crippen LogP contribution in [0, 0.1) is 13.8 Å². The van der Waals surface area contributed by atoms with E-state index in [1.54, 1.807) is 38.1 Å². The first-order valence-electron chi connectivity index (χ1n) is 7.49. The van der Waals surface area contributed by atoms with Gasteiger partial charge in [-0.25, -0.2) is 0 Å². The van der Waals surface area contributed by atoms with Crippen LogP contribution in [-0.4, -0.2) is 27.7 Å². The smallest absolute Gasteiger partial charge is 0.289 e. The molecule has 8 heteroatoms. The average molecular weight is 423 g/mol. The summed E-state index contributed by atoms with van der Waals surface area (Å²) in [4.78, 5) is 36.9. The number of carbonyl (C=O) groups is 3. The molecule has 1 aromatic carbocycles. The minimum atomic E-state index is -0.268. The third-order valence-electron chi connectivity index (χ3n) is 3.81. The molecule has 0 aliphatic carbocycles. The van der Waals surface area contributed by atoms with Gasteiger partial charge in [-0.3, -0.25) is 19.3 Å². The van der Waals surface area contributed by atoms with Gasteiger partial charge in [0, 0.05) is 5.69 Å². The van der Waals surface area contributed by atoms with Crippen LogP contribution in [0.25, 0.3) is 0 Å². The summed E-state index contributed by atoms with van der Waals surface area (Å²) < 4.78 is 6.08. The third kappa shape index (κ3) is 3.64. The van der Waals surface area contributed by atoms with Crippen molar-refractivity contribution in [3.05, 3.63) is 51.4 Å². The quantitative estimate of drug-likeness (QED) is 0.801. The van der Waals surface area contributed by atoms with Crippen LogP contribution in [-0.2, 0) is 11.3 Å². The Morgan fingerprint density at radius 3 is 2.44 bits per heavy atom. The van der Waals surface area contributed by atoms with Gasteiger partial charge in [-0.15, -0.1) is 0 Å². The first-order chi connectivity index (χ1) is 11.9. The molecule has 2 aromatic rings. The second-order valence-corrected chi connectivity index (χ2v) is 7.31. The van der Waals surface area contributed by atoms with Gasteiger partial charge in [0.05, 0.1) is 22.3 Å². The number of nitrogens with zero attached hydrogens (tertiary/aromatic N) is 1. The zero-order valence-electron chi connectivity index (χ0n) is 13.6. The number of carbonyl (C=O) groups excluding carboxylic acids is 3. The Morgan fingerprint density at radius 1 is 1.24 bits per heavy atom. The largest absolute Gasteiger partial charge is 0.465 e. The molecule has 2 heterocycles. The fraction of sp³-hybridized carbons (Fsp3) is 0.235. The zero-order valence-corrected chi connectivity index (χ0v) is 16.0. The van der Waals surface area contributed by atoms with Crippen LogP contribution < -0.4 is 5.32 Å².